The predicted octanol–water partition coefficient (Wildman–Crippen LogP) is 3.47. The Balaban J connectivity index is 1.44. The standard InChI is InChI=1S/C21H19N5O2S/c1-26-20(16-9-11-22-12-10-16)24-25-21(26)29-14-18(27)23-19(17-8-5-13-28-17)15-6-3-2-4-7-15/h2-13,19H,14H2,1H3,(H,23,27). The van der Waals surface area contributed by atoms with E-state index in [4.69, 9.17) is 4.42 Å². The monoisotopic (exact) mass is 405 g/mol. The zero-order valence-corrected chi connectivity index (χ0v) is 16.5. The van der Waals surface area contributed by atoms with Crippen molar-refractivity contribution in [2.45, 2.75) is 11.2 Å². The van der Waals surface area contributed by atoms with Crippen molar-refractivity contribution in [3.63, 3.8) is 0 Å². The number of carbonyl (C=O) groups is 1. The molecule has 4 aromatic rings. The van der Waals surface area contributed by atoms with Gasteiger partial charge >= 0.3 is 0 Å². The van der Waals surface area contributed by atoms with Crippen molar-refractivity contribution in [2.75, 3.05) is 5.75 Å². The van der Waals surface area contributed by atoms with E-state index in [2.05, 4.69) is 20.5 Å². The van der Waals surface area contributed by atoms with Crippen molar-refractivity contribution >= 4 is 17.7 Å². The van der Waals surface area contributed by atoms with Crippen molar-refractivity contribution in [3.8, 4) is 11.4 Å². The average molecular weight is 405 g/mol. The van der Waals surface area contributed by atoms with Crippen LogP contribution >= 0.6 is 11.8 Å². The maximum absolute atomic E-state index is 12.6. The van der Waals surface area contributed by atoms with Crippen molar-refractivity contribution in [1.29, 1.82) is 0 Å². The van der Waals surface area contributed by atoms with Crippen molar-refractivity contribution in [2.24, 2.45) is 7.05 Å². The molecule has 0 aliphatic carbocycles. The molecule has 1 amide bonds. The van der Waals surface area contributed by atoms with E-state index in [0.717, 1.165) is 17.0 Å². The maximum Gasteiger partial charge on any atom is 0.231 e. The second-order valence-electron chi connectivity index (χ2n) is 6.32. The SMILES string of the molecule is Cn1c(SCC(=O)NC(c2ccccc2)c2ccco2)nnc1-c1ccncc1. The van der Waals surface area contributed by atoms with Gasteiger partial charge in [0.25, 0.3) is 0 Å². The van der Waals surface area contributed by atoms with Crippen LogP contribution in [0.5, 0.6) is 0 Å². The summed E-state index contributed by atoms with van der Waals surface area (Å²) in [5, 5.41) is 12.2. The summed E-state index contributed by atoms with van der Waals surface area (Å²) in [4.78, 5) is 16.7. The summed E-state index contributed by atoms with van der Waals surface area (Å²) in [6.45, 7) is 0. The van der Waals surface area contributed by atoms with Crippen molar-refractivity contribution in [3.05, 3.63) is 84.6 Å². The fourth-order valence-corrected chi connectivity index (χ4v) is 3.67. The Labute approximate surface area is 172 Å². The molecule has 8 heteroatoms. The number of hydrogen-bond acceptors (Lipinski definition) is 6. The molecule has 0 aliphatic heterocycles. The lowest BCUT2D eigenvalue weighted by atomic mass is 10.0. The quantitative estimate of drug-likeness (QED) is 0.474. The minimum absolute atomic E-state index is 0.117. The van der Waals surface area contributed by atoms with Crippen LogP contribution in [0.25, 0.3) is 11.4 Å². The summed E-state index contributed by atoms with van der Waals surface area (Å²) in [5.74, 6) is 1.52. The van der Waals surface area contributed by atoms with E-state index in [-0.39, 0.29) is 17.7 Å². The molecule has 1 aromatic carbocycles. The van der Waals surface area contributed by atoms with Crippen LogP contribution in [0.1, 0.15) is 17.4 Å². The first kappa shape index (κ1) is 18.9. The largest absolute Gasteiger partial charge is 0.467 e. The lowest BCUT2D eigenvalue weighted by molar-refractivity contribution is -0.119. The molecule has 3 heterocycles. The Kier molecular flexibility index (Phi) is 5.71. The van der Waals surface area contributed by atoms with Crippen LogP contribution in [0, 0.1) is 0 Å². The normalized spacial score (nSPS) is 11.9. The number of rotatable bonds is 7. The maximum atomic E-state index is 12.6. The highest BCUT2D eigenvalue weighted by Gasteiger charge is 2.20. The van der Waals surface area contributed by atoms with Crippen LogP contribution in [0.3, 0.4) is 0 Å². The molecule has 146 valence electrons. The molecule has 0 saturated carbocycles. The highest BCUT2D eigenvalue weighted by molar-refractivity contribution is 7.99. The molecule has 0 saturated heterocycles. The molecule has 7 nitrogen and oxygen atoms in total. The van der Waals surface area contributed by atoms with Crippen LogP contribution in [0.2, 0.25) is 0 Å². The van der Waals surface area contributed by atoms with Gasteiger partial charge in [-0.15, -0.1) is 10.2 Å². The number of amides is 1. The molecule has 0 bridgehead atoms. The van der Waals surface area contributed by atoms with Gasteiger partial charge < -0.3 is 14.3 Å². The first-order valence-corrected chi connectivity index (χ1v) is 10.0. The number of thioether (sulfide) groups is 1. The van der Waals surface area contributed by atoms with E-state index in [0.29, 0.717) is 10.9 Å². The average Bonchev–Trinajstić information content (AvgIpc) is 3.42. The molecular formula is C21H19N5O2S. The molecule has 0 spiro atoms. The van der Waals surface area contributed by atoms with Crippen LogP contribution < -0.4 is 5.32 Å². The molecule has 4 rings (SSSR count). The van der Waals surface area contributed by atoms with Gasteiger partial charge in [0.05, 0.1) is 12.0 Å². The van der Waals surface area contributed by atoms with Gasteiger partial charge in [0.2, 0.25) is 5.91 Å². The molecular weight excluding hydrogens is 386 g/mol. The molecule has 3 aromatic heterocycles. The Bertz CT molecular complexity index is 1070. The van der Waals surface area contributed by atoms with Gasteiger partial charge in [-0.1, -0.05) is 42.1 Å². The number of furan rings is 1. The Morgan fingerprint density at radius 2 is 1.90 bits per heavy atom. The second-order valence-corrected chi connectivity index (χ2v) is 7.26. The van der Waals surface area contributed by atoms with Crippen LogP contribution in [-0.4, -0.2) is 31.4 Å². The Hall–Kier alpha value is -3.39. The molecule has 1 atom stereocenters. The molecule has 0 aliphatic rings. The van der Waals surface area contributed by atoms with E-state index in [1.54, 1.807) is 18.7 Å². The van der Waals surface area contributed by atoms with E-state index in [1.165, 1.54) is 11.8 Å². The topological polar surface area (TPSA) is 85.8 Å². The summed E-state index contributed by atoms with van der Waals surface area (Å²) in [6, 6.07) is 16.8. The number of nitrogens with zero attached hydrogens (tertiary/aromatic N) is 4. The Morgan fingerprint density at radius 3 is 2.62 bits per heavy atom. The molecule has 1 N–H and O–H groups in total. The Morgan fingerprint density at radius 1 is 1.10 bits per heavy atom. The summed E-state index contributed by atoms with van der Waals surface area (Å²) < 4.78 is 7.40. The van der Waals surface area contributed by atoms with Gasteiger partial charge in [-0.25, -0.2) is 0 Å². The zero-order valence-electron chi connectivity index (χ0n) is 15.7. The number of aromatic nitrogens is 4. The van der Waals surface area contributed by atoms with Gasteiger partial charge in [-0.05, 0) is 29.8 Å². The predicted molar refractivity (Wildman–Crippen MR) is 110 cm³/mol. The van der Waals surface area contributed by atoms with Gasteiger partial charge in [0, 0.05) is 25.0 Å². The lowest BCUT2D eigenvalue weighted by Gasteiger charge is -2.17. The van der Waals surface area contributed by atoms with E-state index in [9.17, 15) is 4.79 Å². The third-order valence-corrected chi connectivity index (χ3v) is 5.39. The third-order valence-electron chi connectivity index (χ3n) is 4.37. The molecule has 1 unspecified atom stereocenters. The first-order valence-electron chi connectivity index (χ1n) is 9.02. The smallest absolute Gasteiger partial charge is 0.231 e. The van der Waals surface area contributed by atoms with Crippen molar-refractivity contribution in [1.82, 2.24) is 25.1 Å². The summed E-state index contributed by atoms with van der Waals surface area (Å²) in [7, 11) is 1.88. The fourth-order valence-electron chi connectivity index (χ4n) is 2.95. The highest BCUT2D eigenvalue weighted by atomic mass is 32.2. The number of pyridine rings is 1. The number of carbonyl (C=O) groups excluding carboxylic acids is 1. The van der Waals surface area contributed by atoms with Crippen LogP contribution in [0.15, 0.2) is 82.8 Å². The van der Waals surface area contributed by atoms with Crippen molar-refractivity contribution < 1.29 is 9.21 Å². The highest BCUT2D eigenvalue weighted by Crippen LogP contribution is 2.24. The van der Waals surface area contributed by atoms with Crippen LogP contribution in [-0.2, 0) is 11.8 Å². The fraction of sp³-hybridized carbons (Fsp3) is 0.143. The molecule has 0 fully saturated rings. The van der Waals surface area contributed by atoms with E-state index in [1.807, 2.05) is 66.2 Å². The lowest BCUT2D eigenvalue weighted by Crippen LogP contribution is -2.30. The third kappa shape index (κ3) is 4.38. The first-order chi connectivity index (χ1) is 14.2. The molecule has 0 radical (unpaired) electrons. The van der Waals surface area contributed by atoms with Gasteiger partial charge in [-0.3, -0.25) is 9.78 Å². The number of nitrogens with one attached hydrogen (secondary N) is 1. The number of benzene rings is 1. The van der Waals surface area contributed by atoms with Gasteiger partial charge in [0.15, 0.2) is 11.0 Å². The van der Waals surface area contributed by atoms with Gasteiger partial charge in [-0.2, -0.15) is 0 Å². The van der Waals surface area contributed by atoms with Crippen LogP contribution in [0.4, 0.5) is 0 Å². The summed E-state index contributed by atoms with van der Waals surface area (Å²) >= 11 is 1.34. The van der Waals surface area contributed by atoms with Gasteiger partial charge in [0.1, 0.15) is 11.8 Å². The number of hydrogen-bond donors (Lipinski definition) is 1. The zero-order chi connectivity index (χ0) is 20.1. The van der Waals surface area contributed by atoms with E-state index < -0.39 is 0 Å². The summed E-state index contributed by atoms with van der Waals surface area (Å²) in [6.07, 6.45) is 5.03. The minimum atomic E-state index is -0.342. The summed E-state index contributed by atoms with van der Waals surface area (Å²) in [5.41, 5.74) is 1.88. The molecule has 29 heavy (non-hydrogen) atoms. The second kappa shape index (κ2) is 8.74. The van der Waals surface area contributed by atoms with E-state index >= 15 is 0 Å². The minimum Gasteiger partial charge on any atom is -0.467 e.